The predicted molar refractivity (Wildman–Crippen MR) is 43.1 cm³/mol. The van der Waals surface area contributed by atoms with Crippen molar-refractivity contribution in [2.75, 3.05) is 7.11 Å². The average molecular weight is 322 g/mol. The summed E-state index contributed by atoms with van der Waals surface area (Å²) in [6.45, 7) is 2.21. The summed E-state index contributed by atoms with van der Waals surface area (Å²) in [6, 6.07) is 0. The van der Waals surface area contributed by atoms with Gasteiger partial charge in [0.2, 0.25) is 0 Å². The second-order valence-electron chi connectivity index (χ2n) is 3.04. The van der Waals surface area contributed by atoms with E-state index in [2.05, 4.69) is 13.0 Å². The maximum atomic E-state index is 5.25. The summed E-state index contributed by atoms with van der Waals surface area (Å²) in [5.41, 5.74) is 1.54. The van der Waals surface area contributed by atoms with E-state index >= 15 is 0 Å². The Labute approximate surface area is 79.2 Å². The molecule has 1 rings (SSSR count). The maximum absolute atomic E-state index is 5.25. The molecule has 0 saturated carbocycles. The first kappa shape index (κ1) is 9.35. The Morgan fingerprint density at radius 3 is 2.91 bits per heavy atom. The number of ether oxygens (including phenoxy) is 1. The van der Waals surface area contributed by atoms with Gasteiger partial charge in [0, 0.05) is 0 Å². The van der Waals surface area contributed by atoms with Crippen LogP contribution >= 0.6 is 0 Å². The van der Waals surface area contributed by atoms with E-state index in [-0.39, 0.29) is 0 Å². The molecule has 0 spiro atoms. The first-order valence-electron chi connectivity index (χ1n) is 3.97. The first-order valence-corrected chi connectivity index (χ1v) is 5.44. The van der Waals surface area contributed by atoms with Crippen molar-refractivity contribution in [1.29, 1.82) is 0 Å². The van der Waals surface area contributed by atoms with Gasteiger partial charge in [-0.1, -0.05) is 0 Å². The van der Waals surface area contributed by atoms with Crippen molar-refractivity contribution in [3.63, 3.8) is 0 Å². The zero-order chi connectivity index (χ0) is 8.27. The fraction of sp³-hybridized carbons (Fsp3) is 0.667. The summed E-state index contributed by atoms with van der Waals surface area (Å²) in [4.78, 5) is 0. The zero-order valence-corrected chi connectivity index (χ0v) is 10.0. The first-order chi connectivity index (χ1) is 5.24. The van der Waals surface area contributed by atoms with Crippen molar-refractivity contribution in [3.8, 4) is 0 Å². The minimum absolute atomic E-state index is 0.707. The molecule has 62 valence electrons. The number of allylic oxidation sites excluding steroid dienone is 2. The fourth-order valence-corrected chi connectivity index (χ4v) is 2.12. The molecule has 2 heteroatoms. The van der Waals surface area contributed by atoms with Crippen molar-refractivity contribution >= 4 is 4.08 Å². The van der Waals surface area contributed by atoms with Crippen LogP contribution in [0.3, 0.4) is 0 Å². The number of rotatable bonds is 2. The van der Waals surface area contributed by atoms with Gasteiger partial charge in [0.25, 0.3) is 0 Å². The standard InChI is InChI=1S/C9H14O.W/c1-8-3-5-9(6-4-8)7-10-2;/h3,9H,4-6H2,1-2H3;/t9-;/m0./s1. The van der Waals surface area contributed by atoms with E-state index in [4.69, 9.17) is 4.74 Å². The van der Waals surface area contributed by atoms with E-state index in [1.165, 1.54) is 42.7 Å². The molecule has 1 nitrogen and oxygen atoms in total. The van der Waals surface area contributed by atoms with Crippen LogP contribution in [0, 0.1) is 5.92 Å². The number of methoxy groups -OCH3 is 1. The monoisotopic (exact) mass is 322 g/mol. The third kappa shape index (κ3) is 2.65. The minimum atomic E-state index is 0.707. The summed E-state index contributed by atoms with van der Waals surface area (Å²) in [7, 11) is 1.79. The molecule has 0 radical (unpaired) electrons. The Balaban J connectivity index is 2.47. The van der Waals surface area contributed by atoms with Gasteiger partial charge in [-0.3, -0.25) is 0 Å². The molecular formula is C9H14OW. The Morgan fingerprint density at radius 1 is 1.73 bits per heavy atom. The van der Waals surface area contributed by atoms with Crippen LogP contribution in [-0.2, 0) is 24.1 Å². The molecule has 0 bridgehead atoms. The van der Waals surface area contributed by atoms with E-state index in [0.717, 1.165) is 0 Å². The third-order valence-corrected chi connectivity index (χ3v) is 3.97. The van der Waals surface area contributed by atoms with Crippen LogP contribution < -0.4 is 0 Å². The van der Waals surface area contributed by atoms with Gasteiger partial charge in [-0.25, -0.2) is 0 Å². The summed E-state index contributed by atoms with van der Waals surface area (Å²) in [6.07, 6.45) is 6.08. The molecule has 0 saturated heterocycles. The van der Waals surface area contributed by atoms with E-state index in [0.29, 0.717) is 5.92 Å². The van der Waals surface area contributed by atoms with Gasteiger partial charge in [0.1, 0.15) is 0 Å². The van der Waals surface area contributed by atoms with Gasteiger partial charge in [0.05, 0.1) is 0 Å². The molecule has 0 aromatic heterocycles. The second kappa shape index (κ2) is 4.33. The molecule has 0 aliphatic heterocycles. The van der Waals surface area contributed by atoms with Crippen LogP contribution in [0.15, 0.2) is 11.6 Å². The van der Waals surface area contributed by atoms with Crippen LogP contribution in [0.2, 0.25) is 0 Å². The molecule has 0 aromatic carbocycles. The van der Waals surface area contributed by atoms with Crippen LogP contribution in [-0.4, -0.2) is 11.2 Å². The molecule has 0 fully saturated rings. The normalized spacial score (nSPS) is 24.5. The van der Waals surface area contributed by atoms with E-state index in [1.807, 2.05) is 0 Å². The SMILES string of the molecule is CO[C](=[W])[C@H]1CC=C(C)CC1. The molecule has 0 aromatic rings. The number of hydrogen-bond donors (Lipinski definition) is 0. The molecule has 1 atom stereocenters. The number of hydrogen-bond acceptors (Lipinski definition) is 1. The van der Waals surface area contributed by atoms with Gasteiger partial charge < -0.3 is 0 Å². The average Bonchev–Trinajstić information content (AvgIpc) is 2.05. The quantitative estimate of drug-likeness (QED) is 0.707. The summed E-state index contributed by atoms with van der Waals surface area (Å²) in [5.74, 6) is 0.707. The Bertz CT molecular complexity index is 184. The van der Waals surface area contributed by atoms with Gasteiger partial charge in [-0.05, 0) is 0 Å². The van der Waals surface area contributed by atoms with Gasteiger partial charge >= 0.3 is 79.0 Å². The molecule has 0 unspecified atom stereocenters. The van der Waals surface area contributed by atoms with Gasteiger partial charge in [-0.2, -0.15) is 0 Å². The summed E-state index contributed by atoms with van der Waals surface area (Å²) < 4.78 is 6.52. The molecule has 0 N–H and O–H groups in total. The Morgan fingerprint density at radius 2 is 2.45 bits per heavy atom. The zero-order valence-electron chi connectivity index (χ0n) is 7.09. The molecule has 11 heavy (non-hydrogen) atoms. The molecule has 0 heterocycles. The summed E-state index contributed by atoms with van der Waals surface area (Å²) in [5, 5.41) is 0. The Kier molecular flexibility index (Phi) is 3.68. The van der Waals surface area contributed by atoms with E-state index in [9.17, 15) is 0 Å². The van der Waals surface area contributed by atoms with Crippen LogP contribution in [0.1, 0.15) is 26.2 Å². The fourth-order valence-electron chi connectivity index (χ4n) is 1.35. The van der Waals surface area contributed by atoms with Crippen LogP contribution in [0.5, 0.6) is 0 Å². The van der Waals surface area contributed by atoms with Crippen molar-refractivity contribution in [3.05, 3.63) is 11.6 Å². The second-order valence-corrected chi connectivity index (χ2v) is 4.49. The van der Waals surface area contributed by atoms with Crippen molar-refractivity contribution in [2.24, 2.45) is 5.92 Å². The topological polar surface area (TPSA) is 9.23 Å². The van der Waals surface area contributed by atoms with Crippen molar-refractivity contribution in [1.82, 2.24) is 0 Å². The summed E-state index contributed by atoms with van der Waals surface area (Å²) >= 11 is 1.49. The predicted octanol–water partition coefficient (Wildman–Crippen LogP) is 2.06. The Hall–Kier alpha value is 0.258. The van der Waals surface area contributed by atoms with Crippen LogP contribution in [0.4, 0.5) is 0 Å². The van der Waals surface area contributed by atoms with Crippen molar-refractivity contribution < 1.29 is 24.1 Å². The molecule has 1 aliphatic carbocycles. The van der Waals surface area contributed by atoms with E-state index in [1.54, 1.807) is 12.7 Å². The van der Waals surface area contributed by atoms with Gasteiger partial charge in [-0.15, -0.1) is 0 Å². The third-order valence-electron chi connectivity index (χ3n) is 2.17. The molecule has 0 amide bonds. The van der Waals surface area contributed by atoms with Gasteiger partial charge in [0.15, 0.2) is 0 Å². The van der Waals surface area contributed by atoms with Crippen molar-refractivity contribution in [2.45, 2.75) is 26.2 Å². The molecular weight excluding hydrogens is 308 g/mol. The van der Waals surface area contributed by atoms with E-state index < -0.39 is 0 Å². The van der Waals surface area contributed by atoms with Crippen LogP contribution in [0.25, 0.3) is 0 Å². The molecule has 1 aliphatic rings.